The van der Waals surface area contributed by atoms with Crippen LogP contribution in [0.5, 0.6) is 17.2 Å². The number of ether oxygens (including phenoxy) is 3. The van der Waals surface area contributed by atoms with Crippen molar-refractivity contribution >= 4 is 51.9 Å². The van der Waals surface area contributed by atoms with Gasteiger partial charge in [-0.1, -0.05) is 164 Å². The first-order valence-corrected chi connectivity index (χ1v) is 27.9. The molecule has 0 spiro atoms. The van der Waals surface area contributed by atoms with Crippen molar-refractivity contribution in [2.75, 3.05) is 0 Å². The maximum Gasteiger partial charge on any atom is 0.338 e. The van der Waals surface area contributed by atoms with Gasteiger partial charge in [0.15, 0.2) is 0 Å². The van der Waals surface area contributed by atoms with Gasteiger partial charge in [-0.3, -0.25) is 0 Å². The van der Waals surface area contributed by atoms with Crippen LogP contribution in [0, 0.1) is 0 Å². The standard InChI is InChI=1S/C63H51N3O9S3/c67-58(73-46-28-13-4-14-29-46)55(49(52-34-19-37-76-52)40-43-22-7-1-8-23-43)64-61(70)65(56(59(68)74-47-30-15-5-16-31-47)50(53-35-20-38-77-53)41-44-24-9-2-10-25-44)63(72)66(62(64)71)57(60(69)75-48-32-17-6-18-33-48)51(54-36-21-39-78-54)42-45-26-11-3-12-27-45/h1-39,49-51,55-57H,40-42H2. The number of carbonyl (C=O) groups excluding carboxylic acids is 3. The van der Waals surface area contributed by atoms with Gasteiger partial charge in [-0.25, -0.2) is 42.5 Å². The van der Waals surface area contributed by atoms with Crippen LogP contribution in [0.1, 0.15) is 67.2 Å². The molecule has 12 nitrogen and oxygen atoms in total. The van der Waals surface area contributed by atoms with Crippen LogP contribution in [0.15, 0.2) is 249 Å². The summed E-state index contributed by atoms with van der Waals surface area (Å²) in [6.45, 7) is 0. The number of benzene rings is 6. The Balaban J connectivity index is 1.33. The van der Waals surface area contributed by atoms with E-state index in [2.05, 4.69) is 0 Å². The van der Waals surface area contributed by atoms with E-state index in [1.165, 1.54) is 34.0 Å². The van der Waals surface area contributed by atoms with Crippen molar-refractivity contribution in [2.24, 2.45) is 0 Å². The van der Waals surface area contributed by atoms with Crippen LogP contribution in [0.3, 0.4) is 0 Å². The zero-order chi connectivity index (χ0) is 53.8. The number of carbonyl (C=O) groups is 3. The van der Waals surface area contributed by atoms with Crippen LogP contribution in [0.4, 0.5) is 0 Å². The van der Waals surface area contributed by atoms with E-state index in [1.807, 2.05) is 107 Å². The molecule has 4 heterocycles. The highest BCUT2D eigenvalue weighted by atomic mass is 32.1. The molecule has 0 saturated heterocycles. The van der Waals surface area contributed by atoms with Gasteiger partial charge in [0.25, 0.3) is 0 Å². The average Bonchev–Trinajstić information content (AvgIpc) is 4.39. The number of nitrogens with zero attached hydrogens (tertiary/aromatic N) is 3. The molecule has 6 unspecified atom stereocenters. The molecular formula is C63H51N3O9S3. The Kier molecular flexibility index (Phi) is 16.8. The zero-order valence-corrected chi connectivity index (χ0v) is 44.3. The Hall–Kier alpha value is -8.76. The molecule has 0 aliphatic rings. The third-order valence-corrected chi connectivity index (χ3v) is 16.5. The van der Waals surface area contributed by atoms with E-state index in [-0.39, 0.29) is 36.5 Å². The van der Waals surface area contributed by atoms with Crippen LogP contribution in [-0.2, 0) is 33.6 Å². The molecule has 10 rings (SSSR count). The molecule has 6 aromatic carbocycles. The van der Waals surface area contributed by atoms with Crippen LogP contribution in [0.25, 0.3) is 0 Å². The van der Waals surface area contributed by atoms with Crippen molar-refractivity contribution in [2.45, 2.75) is 55.1 Å². The molecule has 0 fully saturated rings. The summed E-state index contributed by atoms with van der Waals surface area (Å²) in [6, 6.07) is 57.9. The Bertz CT molecular complexity index is 3300. The van der Waals surface area contributed by atoms with Crippen molar-refractivity contribution < 1.29 is 28.6 Å². The fourth-order valence-corrected chi connectivity index (χ4v) is 12.4. The first-order valence-electron chi connectivity index (χ1n) is 25.2. The van der Waals surface area contributed by atoms with Crippen molar-refractivity contribution in [3.05, 3.63) is 297 Å². The van der Waals surface area contributed by atoms with E-state index < -0.39 is 70.9 Å². The Morgan fingerprint density at radius 2 is 0.551 bits per heavy atom. The third kappa shape index (κ3) is 12.1. The molecule has 4 aromatic heterocycles. The molecule has 78 heavy (non-hydrogen) atoms. The van der Waals surface area contributed by atoms with Crippen LogP contribution >= 0.6 is 34.0 Å². The molecule has 390 valence electrons. The zero-order valence-electron chi connectivity index (χ0n) is 41.8. The van der Waals surface area contributed by atoms with E-state index in [1.54, 1.807) is 127 Å². The lowest BCUT2D eigenvalue weighted by Gasteiger charge is -2.32. The fourth-order valence-electron chi connectivity index (χ4n) is 9.87. The Morgan fingerprint density at radius 3 is 0.769 bits per heavy atom. The molecule has 0 bridgehead atoms. The van der Waals surface area contributed by atoms with Gasteiger partial charge >= 0.3 is 35.0 Å². The average molecular weight is 1090 g/mol. The highest BCUT2D eigenvalue weighted by molar-refractivity contribution is 7.10. The van der Waals surface area contributed by atoms with Crippen LogP contribution in [-0.4, -0.2) is 31.6 Å². The normalized spacial score (nSPS) is 13.5. The maximum absolute atomic E-state index is 16.6. The van der Waals surface area contributed by atoms with E-state index >= 15 is 28.8 Å². The molecular weight excluding hydrogens is 1040 g/mol. The molecule has 0 saturated carbocycles. The molecule has 10 aromatic rings. The number of rotatable bonds is 21. The molecule has 6 atom stereocenters. The van der Waals surface area contributed by atoms with Gasteiger partial charge < -0.3 is 14.2 Å². The second-order valence-electron chi connectivity index (χ2n) is 18.4. The van der Waals surface area contributed by atoms with Gasteiger partial charge in [-0.15, -0.1) is 34.0 Å². The summed E-state index contributed by atoms with van der Waals surface area (Å²) in [5, 5.41) is 5.47. The highest BCUT2D eigenvalue weighted by Crippen LogP contribution is 2.40. The summed E-state index contributed by atoms with van der Waals surface area (Å²) >= 11 is 3.92. The van der Waals surface area contributed by atoms with Crippen LogP contribution < -0.4 is 31.3 Å². The summed E-state index contributed by atoms with van der Waals surface area (Å²) in [5.74, 6) is -5.76. The van der Waals surface area contributed by atoms with Gasteiger partial charge in [0, 0.05) is 32.4 Å². The van der Waals surface area contributed by atoms with Crippen molar-refractivity contribution in [1.29, 1.82) is 0 Å². The highest BCUT2D eigenvalue weighted by Gasteiger charge is 2.45. The van der Waals surface area contributed by atoms with E-state index in [4.69, 9.17) is 14.2 Å². The largest absolute Gasteiger partial charge is 0.425 e. The smallest absolute Gasteiger partial charge is 0.338 e. The van der Waals surface area contributed by atoms with Crippen molar-refractivity contribution in [1.82, 2.24) is 13.7 Å². The predicted octanol–water partition coefficient (Wildman–Crippen LogP) is 11.9. The quantitative estimate of drug-likeness (QED) is 0.0507. The molecule has 0 aliphatic heterocycles. The molecule has 0 amide bonds. The Morgan fingerprint density at radius 1 is 0.321 bits per heavy atom. The lowest BCUT2D eigenvalue weighted by molar-refractivity contribution is -0.139. The van der Waals surface area contributed by atoms with Gasteiger partial charge in [0.1, 0.15) is 35.4 Å². The number of esters is 3. The number of aromatic nitrogens is 3. The molecule has 0 N–H and O–H groups in total. The molecule has 0 radical (unpaired) electrons. The Labute approximate surface area is 461 Å². The third-order valence-electron chi connectivity index (χ3n) is 13.4. The number of hydrogen-bond acceptors (Lipinski definition) is 12. The minimum atomic E-state index is -1.85. The summed E-state index contributed by atoms with van der Waals surface area (Å²) in [7, 11) is 0. The van der Waals surface area contributed by atoms with Crippen LogP contribution in [0.2, 0.25) is 0 Å². The van der Waals surface area contributed by atoms with E-state index in [0.29, 0.717) is 28.3 Å². The van der Waals surface area contributed by atoms with Crippen molar-refractivity contribution in [3.8, 4) is 17.2 Å². The van der Waals surface area contributed by atoms with E-state index in [9.17, 15) is 0 Å². The lowest BCUT2D eigenvalue weighted by atomic mass is 9.89. The summed E-state index contributed by atoms with van der Waals surface area (Å²) in [6.07, 6.45) is 0.284. The van der Waals surface area contributed by atoms with Gasteiger partial charge in [-0.2, -0.15) is 0 Å². The molecule has 0 aliphatic carbocycles. The maximum atomic E-state index is 16.6. The predicted molar refractivity (Wildman–Crippen MR) is 304 cm³/mol. The number of thiophene rings is 3. The van der Waals surface area contributed by atoms with Crippen molar-refractivity contribution in [3.63, 3.8) is 0 Å². The molecule has 15 heteroatoms. The minimum Gasteiger partial charge on any atom is -0.425 e. The first-order chi connectivity index (χ1) is 38.2. The van der Waals surface area contributed by atoms with Gasteiger partial charge in [0.2, 0.25) is 0 Å². The fraction of sp³-hybridized carbons (Fsp3) is 0.143. The monoisotopic (exact) mass is 1090 g/mol. The lowest BCUT2D eigenvalue weighted by Crippen LogP contribution is -2.61. The second kappa shape index (κ2) is 24.9. The minimum absolute atomic E-state index is 0.0948. The summed E-state index contributed by atoms with van der Waals surface area (Å²) in [5.41, 5.74) is -1.65. The van der Waals surface area contributed by atoms with Gasteiger partial charge in [0.05, 0.1) is 0 Å². The number of hydrogen-bond donors (Lipinski definition) is 0. The topological polar surface area (TPSA) is 145 Å². The number of para-hydroxylation sites is 3. The second-order valence-corrected chi connectivity index (χ2v) is 21.4. The van der Waals surface area contributed by atoms with Gasteiger partial charge in [-0.05, 0) is 107 Å². The SMILES string of the molecule is O=C(Oc1ccccc1)C(C(Cc1ccccc1)c1cccs1)n1c(=O)n(C(C(=O)Oc2ccccc2)C(Cc2ccccc2)c2cccs2)c(=O)n(C(C(=O)Oc2ccccc2)C(Cc2ccccc2)c2cccs2)c1=O. The van der Waals surface area contributed by atoms with E-state index in [0.717, 1.165) is 16.7 Å². The first kappa shape index (κ1) is 52.7. The summed E-state index contributed by atoms with van der Waals surface area (Å²) in [4.78, 5) is 98.6. The summed E-state index contributed by atoms with van der Waals surface area (Å²) < 4.78 is 20.8.